The largest absolute Gasteiger partial charge is 0.478 e. The molecule has 0 fully saturated rings. The van der Waals surface area contributed by atoms with Crippen molar-refractivity contribution in [3.05, 3.63) is 28.8 Å². The van der Waals surface area contributed by atoms with Crippen molar-refractivity contribution in [2.75, 3.05) is 11.6 Å². The summed E-state index contributed by atoms with van der Waals surface area (Å²) in [7, 11) is 0. The molecule has 2 N–H and O–H groups in total. The topological polar surface area (TPSA) is 66.4 Å². The summed E-state index contributed by atoms with van der Waals surface area (Å²) in [6.45, 7) is 5.40. The van der Waals surface area contributed by atoms with E-state index in [1.165, 1.54) is 17.8 Å². The van der Waals surface area contributed by atoms with Crippen molar-refractivity contribution in [2.45, 2.75) is 26.0 Å². The van der Waals surface area contributed by atoms with Crippen LogP contribution in [0.3, 0.4) is 0 Å². The van der Waals surface area contributed by atoms with Gasteiger partial charge < -0.3 is 10.4 Å². The molecule has 1 amide bonds. The van der Waals surface area contributed by atoms with Crippen LogP contribution in [-0.4, -0.2) is 28.5 Å². The van der Waals surface area contributed by atoms with Gasteiger partial charge in [-0.1, -0.05) is 6.07 Å². The van der Waals surface area contributed by atoms with Crippen molar-refractivity contribution < 1.29 is 14.7 Å². The Bertz CT molecular complexity index is 485. The van der Waals surface area contributed by atoms with Gasteiger partial charge in [0.1, 0.15) is 0 Å². The highest BCUT2D eigenvalue weighted by Crippen LogP contribution is 2.21. The van der Waals surface area contributed by atoms with Crippen molar-refractivity contribution in [1.82, 2.24) is 0 Å². The van der Waals surface area contributed by atoms with E-state index in [4.69, 9.17) is 5.11 Å². The molecule has 0 aliphatic carbocycles. The smallest absolute Gasteiger partial charge is 0.336 e. The van der Waals surface area contributed by atoms with Gasteiger partial charge in [0.15, 0.2) is 0 Å². The number of thioether (sulfide) groups is 1. The molecule has 1 aromatic rings. The lowest BCUT2D eigenvalue weighted by atomic mass is 10.0. The van der Waals surface area contributed by atoms with Crippen LogP contribution < -0.4 is 5.32 Å². The predicted octanol–water partition coefficient (Wildman–Crippen LogP) is 2.69. The first-order valence-electron chi connectivity index (χ1n) is 5.55. The zero-order valence-corrected chi connectivity index (χ0v) is 11.7. The molecule has 1 unspecified atom stereocenters. The van der Waals surface area contributed by atoms with Crippen molar-refractivity contribution in [2.24, 2.45) is 0 Å². The van der Waals surface area contributed by atoms with Crippen LogP contribution >= 0.6 is 11.8 Å². The van der Waals surface area contributed by atoms with Gasteiger partial charge in [-0.15, -0.1) is 0 Å². The van der Waals surface area contributed by atoms with Crippen LogP contribution in [0.15, 0.2) is 12.1 Å². The number of aryl methyl sites for hydroxylation is 2. The third-order valence-electron chi connectivity index (χ3n) is 2.78. The molecule has 1 rings (SSSR count). The Kier molecular flexibility index (Phi) is 4.78. The van der Waals surface area contributed by atoms with Crippen LogP contribution in [0, 0.1) is 13.8 Å². The summed E-state index contributed by atoms with van der Waals surface area (Å²) < 4.78 is 0. The second kappa shape index (κ2) is 5.91. The molecule has 4 nitrogen and oxygen atoms in total. The second-order valence-electron chi connectivity index (χ2n) is 4.15. The molecule has 0 aromatic heterocycles. The highest BCUT2D eigenvalue weighted by molar-refractivity contribution is 7.99. The standard InChI is InChI=1S/C13H17NO3S/c1-7-5-8(2)11(6-10(7)13(16)17)14-12(15)9(3)18-4/h5-6,9H,1-4H3,(H,14,15)(H,16,17). The van der Waals surface area contributed by atoms with Crippen molar-refractivity contribution in [3.63, 3.8) is 0 Å². The molecule has 0 saturated heterocycles. The Morgan fingerprint density at radius 2 is 1.89 bits per heavy atom. The number of nitrogens with one attached hydrogen (secondary N) is 1. The van der Waals surface area contributed by atoms with Crippen molar-refractivity contribution in [3.8, 4) is 0 Å². The highest BCUT2D eigenvalue weighted by atomic mass is 32.2. The molecular weight excluding hydrogens is 250 g/mol. The number of rotatable bonds is 4. The van der Waals surface area contributed by atoms with E-state index in [9.17, 15) is 9.59 Å². The van der Waals surface area contributed by atoms with E-state index in [2.05, 4.69) is 5.32 Å². The summed E-state index contributed by atoms with van der Waals surface area (Å²) >= 11 is 1.44. The second-order valence-corrected chi connectivity index (χ2v) is 5.33. The minimum atomic E-state index is -0.985. The van der Waals surface area contributed by atoms with Crippen LogP contribution in [0.25, 0.3) is 0 Å². The SMILES string of the molecule is CSC(C)C(=O)Nc1cc(C(=O)O)c(C)cc1C. The van der Waals surface area contributed by atoms with Crippen LogP contribution in [-0.2, 0) is 4.79 Å². The number of carbonyl (C=O) groups excluding carboxylic acids is 1. The fourth-order valence-electron chi connectivity index (χ4n) is 1.56. The summed E-state index contributed by atoms with van der Waals surface area (Å²) in [4.78, 5) is 22.8. The molecule has 0 aliphatic rings. The lowest BCUT2D eigenvalue weighted by molar-refractivity contribution is -0.115. The Morgan fingerprint density at radius 3 is 2.39 bits per heavy atom. The Balaban J connectivity index is 3.06. The molecule has 1 atom stereocenters. The van der Waals surface area contributed by atoms with Gasteiger partial charge in [-0.05, 0) is 44.2 Å². The normalized spacial score (nSPS) is 12.0. The van der Waals surface area contributed by atoms with Gasteiger partial charge in [-0.3, -0.25) is 4.79 Å². The maximum atomic E-state index is 11.8. The van der Waals surface area contributed by atoms with Gasteiger partial charge in [0.25, 0.3) is 0 Å². The monoisotopic (exact) mass is 267 g/mol. The van der Waals surface area contributed by atoms with Crippen molar-refractivity contribution >= 4 is 29.3 Å². The highest BCUT2D eigenvalue weighted by Gasteiger charge is 2.15. The maximum absolute atomic E-state index is 11.8. The lowest BCUT2D eigenvalue weighted by Crippen LogP contribution is -2.22. The number of amides is 1. The molecule has 0 spiro atoms. The van der Waals surface area contributed by atoms with E-state index >= 15 is 0 Å². The summed E-state index contributed by atoms with van der Waals surface area (Å²) in [6.07, 6.45) is 1.86. The molecule has 0 heterocycles. The summed E-state index contributed by atoms with van der Waals surface area (Å²) in [5.74, 6) is -1.10. The zero-order chi connectivity index (χ0) is 13.9. The first-order valence-corrected chi connectivity index (χ1v) is 6.83. The van der Waals surface area contributed by atoms with Crippen molar-refractivity contribution in [1.29, 1.82) is 0 Å². The molecule has 0 aliphatic heterocycles. The van der Waals surface area contributed by atoms with E-state index in [1.807, 2.05) is 20.1 Å². The van der Waals surface area contributed by atoms with Crippen LogP contribution in [0.2, 0.25) is 0 Å². The minimum Gasteiger partial charge on any atom is -0.478 e. The fraction of sp³-hybridized carbons (Fsp3) is 0.385. The number of carboxylic acid groups (broad SMARTS) is 1. The maximum Gasteiger partial charge on any atom is 0.336 e. The molecule has 0 saturated carbocycles. The first-order chi connectivity index (χ1) is 8.36. The van der Waals surface area contributed by atoms with Crippen LogP contribution in [0.4, 0.5) is 5.69 Å². The lowest BCUT2D eigenvalue weighted by Gasteiger charge is -2.13. The number of benzene rings is 1. The number of carbonyl (C=O) groups is 2. The molecule has 1 aromatic carbocycles. The molecular formula is C13H17NO3S. The number of aromatic carboxylic acids is 1. The van der Waals surface area contributed by atoms with Crippen LogP contribution in [0.5, 0.6) is 0 Å². The summed E-state index contributed by atoms with van der Waals surface area (Å²) in [6, 6.07) is 3.28. The quantitative estimate of drug-likeness (QED) is 0.880. The summed E-state index contributed by atoms with van der Waals surface area (Å²) in [5.41, 5.74) is 2.33. The first kappa shape index (κ1) is 14.6. The van der Waals surface area contributed by atoms with Crippen LogP contribution in [0.1, 0.15) is 28.4 Å². The molecule has 98 valence electrons. The predicted molar refractivity (Wildman–Crippen MR) is 74.5 cm³/mol. The molecule has 5 heteroatoms. The van der Waals surface area contributed by atoms with Gasteiger partial charge in [0, 0.05) is 5.69 Å². The van der Waals surface area contributed by atoms with Gasteiger partial charge in [0.05, 0.1) is 10.8 Å². The van der Waals surface area contributed by atoms with E-state index in [1.54, 1.807) is 13.0 Å². The average molecular weight is 267 g/mol. The molecule has 0 radical (unpaired) electrons. The Hall–Kier alpha value is -1.49. The molecule has 18 heavy (non-hydrogen) atoms. The van der Waals surface area contributed by atoms with E-state index in [0.717, 1.165) is 5.56 Å². The number of hydrogen-bond acceptors (Lipinski definition) is 3. The number of carboxylic acids is 1. The van der Waals surface area contributed by atoms with E-state index in [0.29, 0.717) is 11.3 Å². The van der Waals surface area contributed by atoms with Gasteiger partial charge in [0.2, 0.25) is 5.91 Å². The Labute approximate surface area is 111 Å². The van der Waals surface area contributed by atoms with Gasteiger partial charge in [-0.25, -0.2) is 4.79 Å². The average Bonchev–Trinajstić information content (AvgIpc) is 2.30. The fourth-order valence-corrected chi connectivity index (χ4v) is 1.83. The van der Waals surface area contributed by atoms with E-state index in [-0.39, 0.29) is 16.7 Å². The molecule has 0 bridgehead atoms. The number of hydrogen-bond donors (Lipinski definition) is 2. The Morgan fingerprint density at radius 1 is 1.28 bits per heavy atom. The van der Waals surface area contributed by atoms with Gasteiger partial charge >= 0.3 is 5.97 Å². The summed E-state index contributed by atoms with van der Waals surface area (Å²) in [5, 5.41) is 11.6. The third-order valence-corrected chi connectivity index (χ3v) is 3.70. The zero-order valence-electron chi connectivity index (χ0n) is 10.9. The number of anilines is 1. The minimum absolute atomic E-state index is 0.120. The van der Waals surface area contributed by atoms with Gasteiger partial charge in [-0.2, -0.15) is 11.8 Å². The van der Waals surface area contributed by atoms with E-state index < -0.39 is 5.97 Å². The third kappa shape index (κ3) is 3.26.